The van der Waals surface area contributed by atoms with Crippen LogP contribution in [-0.2, 0) is 10.0 Å². The number of pyridine rings is 1. The van der Waals surface area contributed by atoms with Gasteiger partial charge < -0.3 is 5.73 Å². The largest absolute Gasteiger partial charge is 0.396 e. The summed E-state index contributed by atoms with van der Waals surface area (Å²) in [6.45, 7) is 0. The summed E-state index contributed by atoms with van der Waals surface area (Å²) in [4.78, 5) is 3.50. The highest BCUT2D eigenvalue weighted by atomic mass is 35.5. The van der Waals surface area contributed by atoms with Crippen LogP contribution in [0.15, 0.2) is 41.6 Å². The van der Waals surface area contributed by atoms with Crippen molar-refractivity contribution in [3.63, 3.8) is 0 Å². The summed E-state index contributed by atoms with van der Waals surface area (Å²) >= 11 is 5.81. The van der Waals surface area contributed by atoms with Crippen molar-refractivity contribution >= 4 is 33.0 Å². The van der Waals surface area contributed by atoms with Gasteiger partial charge in [0.05, 0.1) is 27.5 Å². The molecular weight excluding hydrogens is 293 g/mol. The molecule has 0 bridgehead atoms. The minimum atomic E-state index is -3.95. The van der Waals surface area contributed by atoms with E-state index in [0.29, 0.717) is 0 Å². The normalized spacial score (nSPS) is 11.3. The maximum Gasteiger partial charge on any atom is 0.262 e. The molecule has 1 heterocycles. The molecule has 0 unspecified atom stereocenters. The molecule has 3 N–H and O–H groups in total. The molecule has 0 saturated carbocycles. The van der Waals surface area contributed by atoms with Crippen LogP contribution in [0.5, 0.6) is 0 Å². The Morgan fingerprint density at radius 3 is 2.68 bits per heavy atom. The Hall–Kier alpha value is -1.86. The molecule has 1 aromatic carbocycles. The first kappa shape index (κ1) is 13.6. The maximum absolute atomic E-state index is 13.3. The Labute approximate surface area is 114 Å². The highest BCUT2D eigenvalue weighted by Gasteiger charge is 2.17. The number of nitrogens with one attached hydrogen (secondary N) is 1. The molecule has 19 heavy (non-hydrogen) atoms. The van der Waals surface area contributed by atoms with Crippen LogP contribution in [0.4, 0.5) is 15.8 Å². The first-order valence-electron chi connectivity index (χ1n) is 5.07. The molecule has 5 nitrogen and oxygen atoms in total. The quantitative estimate of drug-likeness (QED) is 0.852. The molecule has 0 atom stereocenters. The van der Waals surface area contributed by atoms with Crippen molar-refractivity contribution < 1.29 is 12.8 Å². The first-order chi connectivity index (χ1) is 8.90. The lowest BCUT2D eigenvalue weighted by Gasteiger charge is -2.09. The van der Waals surface area contributed by atoms with Gasteiger partial charge in [0, 0.05) is 6.20 Å². The molecule has 100 valence electrons. The van der Waals surface area contributed by atoms with Gasteiger partial charge in [0.2, 0.25) is 0 Å². The Balaban J connectivity index is 2.38. The van der Waals surface area contributed by atoms with Crippen molar-refractivity contribution in [3.8, 4) is 0 Å². The molecule has 8 heteroatoms. The Morgan fingerprint density at radius 2 is 2.05 bits per heavy atom. The minimum Gasteiger partial charge on any atom is -0.396 e. The molecule has 2 aromatic rings. The van der Waals surface area contributed by atoms with Gasteiger partial charge in [-0.15, -0.1) is 0 Å². The number of halogens is 2. The summed E-state index contributed by atoms with van der Waals surface area (Å²) in [6.07, 6.45) is 2.68. The van der Waals surface area contributed by atoms with Crippen LogP contribution in [0.3, 0.4) is 0 Å². The number of aromatic nitrogens is 1. The highest BCUT2D eigenvalue weighted by molar-refractivity contribution is 7.92. The number of rotatable bonds is 3. The van der Waals surface area contributed by atoms with Gasteiger partial charge in [-0.25, -0.2) is 12.8 Å². The summed E-state index contributed by atoms with van der Waals surface area (Å²) in [7, 11) is -3.95. The number of nitrogen functional groups attached to an aromatic ring is 1. The van der Waals surface area contributed by atoms with Gasteiger partial charge in [0.15, 0.2) is 0 Å². The van der Waals surface area contributed by atoms with Crippen molar-refractivity contribution in [2.45, 2.75) is 4.90 Å². The van der Waals surface area contributed by atoms with E-state index in [9.17, 15) is 12.8 Å². The smallest absolute Gasteiger partial charge is 0.262 e. The van der Waals surface area contributed by atoms with Gasteiger partial charge in [-0.2, -0.15) is 0 Å². The number of hydrogen-bond donors (Lipinski definition) is 2. The summed E-state index contributed by atoms with van der Waals surface area (Å²) in [5.41, 5.74) is 5.27. The van der Waals surface area contributed by atoms with Crippen LogP contribution in [0, 0.1) is 5.82 Å². The fraction of sp³-hybridized carbons (Fsp3) is 0. The third-order valence-corrected chi connectivity index (χ3v) is 3.99. The van der Waals surface area contributed by atoms with Crippen molar-refractivity contribution in [2.75, 3.05) is 10.5 Å². The number of benzene rings is 1. The summed E-state index contributed by atoms with van der Waals surface area (Å²) in [6, 6.07) is 4.64. The minimum absolute atomic E-state index is 0.112. The van der Waals surface area contributed by atoms with Crippen LogP contribution < -0.4 is 10.5 Å². The first-order valence-corrected chi connectivity index (χ1v) is 6.93. The highest BCUT2D eigenvalue weighted by Crippen LogP contribution is 2.24. The van der Waals surface area contributed by atoms with Gasteiger partial charge in [-0.1, -0.05) is 11.6 Å². The molecule has 0 fully saturated rings. The van der Waals surface area contributed by atoms with Gasteiger partial charge in [-0.05, 0) is 24.3 Å². The Morgan fingerprint density at radius 1 is 1.32 bits per heavy atom. The fourth-order valence-electron chi connectivity index (χ4n) is 1.33. The molecule has 0 spiro atoms. The van der Waals surface area contributed by atoms with E-state index in [1.165, 1.54) is 30.6 Å². The van der Waals surface area contributed by atoms with Crippen molar-refractivity contribution in [1.29, 1.82) is 0 Å². The number of hydrogen-bond acceptors (Lipinski definition) is 4. The topological polar surface area (TPSA) is 85.1 Å². The second-order valence-corrected chi connectivity index (χ2v) is 5.73. The summed E-state index contributed by atoms with van der Waals surface area (Å²) in [5.74, 6) is -0.805. The molecule has 1 aromatic heterocycles. The number of anilines is 2. The van der Waals surface area contributed by atoms with Crippen LogP contribution in [0.1, 0.15) is 0 Å². The molecule has 2 rings (SSSR count). The zero-order valence-corrected chi connectivity index (χ0v) is 11.0. The summed E-state index contributed by atoms with van der Waals surface area (Å²) < 4.78 is 39.5. The molecule has 0 aliphatic rings. The van der Waals surface area contributed by atoms with Crippen LogP contribution in [-0.4, -0.2) is 13.4 Å². The van der Waals surface area contributed by atoms with Gasteiger partial charge in [0.25, 0.3) is 10.0 Å². The SMILES string of the molecule is Nc1ccc(S(=O)(=O)Nc2cnccc2Cl)cc1F. The maximum atomic E-state index is 13.3. The van der Waals surface area contributed by atoms with E-state index in [1.807, 2.05) is 0 Å². The second-order valence-electron chi connectivity index (χ2n) is 3.64. The van der Waals surface area contributed by atoms with E-state index in [4.69, 9.17) is 17.3 Å². The third kappa shape index (κ3) is 2.94. The summed E-state index contributed by atoms with van der Waals surface area (Å²) in [5, 5.41) is 0.189. The number of nitrogens with two attached hydrogens (primary N) is 1. The second kappa shape index (κ2) is 5.02. The average molecular weight is 302 g/mol. The van der Waals surface area contributed by atoms with Crippen molar-refractivity contribution in [3.05, 3.63) is 47.5 Å². The van der Waals surface area contributed by atoms with Crippen LogP contribution in [0.2, 0.25) is 5.02 Å². The fourth-order valence-corrected chi connectivity index (χ4v) is 2.62. The molecule has 0 amide bonds. The van der Waals surface area contributed by atoms with Crippen LogP contribution >= 0.6 is 11.6 Å². The van der Waals surface area contributed by atoms with Crippen LogP contribution in [0.25, 0.3) is 0 Å². The van der Waals surface area contributed by atoms with Crippen molar-refractivity contribution in [2.24, 2.45) is 0 Å². The van der Waals surface area contributed by atoms with Gasteiger partial charge >= 0.3 is 0 Å². The molecular formula is C11H9ClFN3O2S. The van der Waals surface area contributed by atoms with E-state index in [2.05, 4.69) is 9.71 Å². The molecule has 0 aliphatic carbocycles. The average Bonchev–Trinajstić information content (AvgIpc) is 2.35. The third-order valence-electron chi connectivity index (χ3n) is 2.29. The molecule has 0 aliphatic heterocycles. The Kier molecular flexibility index (Phi) is 3.59. The predicted molar refractivity (Wildman–Crippen MR) is 70.9 cm³/mol. The zero-order chi connectivity index (χ0) is 14.0. The van der Waals surface area contributed by atoms with E-state index in [-0.39, 0.29) is 21.3 Å². The number of sulfonamides is 1. The predicted octanol–water partition coefficient (Wildman–Crippen LogP) is 2.26. The molecule has 0 radical (unpaired) electrons. The van der Waals surface area contributed by atoms with E-state index in [0.717, 1.165) is 6.07 Å². The van der Waals surface area contributed by atoms with E-state index in [1.54, 1.807) is 0 Å². The lowest BCUT2D eigenvalue weighted by molar-refractivity contribution is 0.596. The molecule has 0 saturated heterocycles. The standard InChI is InChI=1S/C11H9ClFN3O2S/c12-8-3-4-15-6-11(8)16-19(17,18)7-1-2-10(14)9(13)5-7/h1-6,16H,14H2. The monoisotopic (exact) mass is 301 g/mol. The van der Waals surface area contributed by atoms with E-state index < -0.39 is 15.8 Å². The lowest BCUT2D eigenvalue weighted by atomic mass is 10.3. The van der Waals surface area contributed by atoms with Crippen molar-refractivity contribution in [1.82, 2.24) is 4.98 Å². The lowest BCUT2D eigenvalue weighted by Crippen LogP contribution is -2.14. The van der Waals surface area contributed by atoms with Gasteiger partial charge in [-0.3, -0.25) is 9.71 Å². The zero-order valence-electron chi connectivity index (χ0n) is 9.47. The number of nitrogens with zero attached hydrogens (tertiary/aromatic N) is 1. The van der Waals surface area contributed by atoms with E-state index >= 15 is 0 Å². The van der Waals surface area contributed by atoms with Gasteiger partial charge in [0.1, 0.15) is 5.82 Å². The Bertz CT molecular complexity index is 722.